The highest BCUT2D eigenvalue weighted by Crippen LogP contribution is 2.39. The van der Waals surface area contributed by atoms with Crippen LogP contribution in [0, 0.1) is 22.7 Å². The summed E-state index contributed by atoms with van der Waals surface area (Å²) in [6.45, 7) is 1.20. The second kappa shape index (κ2) is 6.35. The maximum atomic E-state index is 13.2. The molecule has 0 aromatic heterocycles. The number of hydrogen-bond acceptors (Lipinski definition) is 5. The van der Waals surface area contributed by atoms with Gasteiger partial charge in [0.1, 0.15) is 12.1 Å². The van der Waals surface area contributed by atoms with Gasteiger partial charge < -0.3 is 4.90 Å². The summed E-state index contributed by atoms with van der Waals surface area (Å²) >= 11 is 0. The molecule has 22 heavy (non-hydrogen) atoms. The van der Waals surface area contributed by atoms with Crippen LogP contribution < -0.4 is 10.3 Å². The minimum atomic E-state index is -4.49. The fraction of sp³-hybridized carbons (Fsp3) is 0.357. The van der Waals surface area contributed by atoms with Crippen LogP contribution in [-0.2, 0) is 6.18 Å². The molecule has 1 saturated heterocycles. The number of alkyl halides is 3. The van der Waals surface area contributed by atoms with E-state index >= 15 is 0 Å². The van der Waals surface area contributed by atoms with Gasteiger partial charge in [0, 0.05) is 18.8 Å². The molecule has 0 spiro atoms. The van der Waals surface area contributed by atoms with Gasteiger partial charge in [0.15, 0.2) is 0 Å². The Hall–Kier alpha value is -2.74. The summed E-state index contributed by atoms with van der Waals surface area (Å²) in [7, 11) is 0. The van der Waals surface area contributed by atoms with E-state index < -0.39 is 17.5 Å². The first kappa shape index (κ1) is 15.6. The van der Waals surface area contributed by atoms with Crippen molar-refractivity contribution in [3.63, 3.8) is 0 Å². The molecule has 1 fully saturated rings. The normalized spacial score (nSPS) is 14.1. The molecule has 1 N–H and O–H groups in total. The van der Waals surface area contributed by atoms with E-state index in [9.17, 15) is 13.2 Å². The van der Waals surface area contributed by atoms with Crippen molar-refractivity contribution in [1.29, 1.82) is 10.5 Å². The van der Waals surface area contributed by atoms with Gasteiger partial charge >= 0.3 is 6.18 Å². The van der Waals surface area contributed by atoms with Gasteiger partial charge in [-0.2, -0.15) is 28.8 Å². The van der Waals surface area contributed by atoms with Crippen LogP contribution in [0.1, 0.15) is 18.4 Å². The first-order valence-electron chi connectivity index (χ1n) is 6.56. The van der Waals surface area contributed by atoms with E-state index in [1.165, 1.54) is 24.3 Å². The molecule has 0 saturated carbocycles. The minimum Gasteiger partial charge on any atom is -0.371 e. The van der Waals surface area contributed by atoms with Crippen LogP contribution >= 0.6 is 0 Å². The quantitative estimate of drug-likeness (QED) is 0.687. The van der Waals surface area contributed by atoms with E-state index in [1.807, 2.05) is 0 Å². The van der Waals surface area contributed by atoms with E-state index in [0.29, 0.717) is 13.1 Å². The highest BCUT2D eigenvalue weighted by atomic mass is 19.4. The molecule has 8 heteroatoms. The predicted molar refractivity (Wildman–Crippen MR) is 75.2 cm³/mol. The zero-order chi connectivity index (χ0) is 16.2. The Labute approximate surface area is 125 Å². The van der Waals surface area contributed by atoms with Gasteiger partial charge in [-0.3, -0.25) is 5.43 Å². The largest absolute Gasteiger partial charge is 0.418 e. The molecule has 1 aliphatic rings. The minimum absolute atomic E-state index is 0.0678. The summed E-state index contributed by atoms with van der Waals surface area (Å²) in [6.07, 6.45) is -2.75. The topological polar surface area (TPSA) is 75.2 Å². The second-order valence-corrected chi connectivity index (χ2v) is 4.72. The second-order valence-electron chi connectivity index (χ2n) is 4.72. The summed E-state index contributed by atoms with van der Waals surface area (Å²) in [5, 5.41) is 20.5. The summed E-state index contributed by atoms with van der Waals surface area (Å²) in [4.78, 5) is 1.70. The van der Waals surface area contributed by atoms with Gasteiger partial charge in [-0.15, -0.1) is 0 Å². The van der Waals surface area contributed by atoms with Crippen molar-refractivity contribution in [1.82, 2.24) is 0 Å². The Morgan fingerprint density at radius 2 is 1.82 bits per heavy atom. The smallest absolute Gasteiger partial charge is 0.371 e. The van der Waals surface area contributed by atoms with Crippen LogP contribution in [0.4, 0.5) is 24.5 Å². The summed E-state index contributed by atoms with van der Waals surface area (Å²) in [5.41, 5.74) is 1.29. The SMILES string of the molecule is N#CC(C#N)=NNc1ccc(N2CCCC2)c(C(F)(F)F)c1. The lowest BCUT2D eigenvalue weighted by Gasteiger charge is -2.23. The number of halogens is 3. The third kappa shape index (κ3) is 3.47. The van der Waals surface area contributed by atoms with Gasteiger partial charge in [0.05, 0.1) is 11.3 Å². The van der Waals surface area contributed by atoms with Crippen molar-refractivity contribution in [3.05, 3.63) is 23.8 Å². The predicted octanol–water partition coefficient (Wildman–Crippen LogP) is 3.12. The summed E-state index contributed by atoms with van der Waals surface area (Å²) in [6, 6.07) is 6.79. The number of hydrogen-bond donors (Lipinski definition) is 1. The molecule has 1 aromatic carbocycles. The first-order valence-corrected chi connectivity index (χ1v) is 6.56. The molecule has 114 valence electrons. The molecule has 0 amide bonds. The Bertz CT molecular complexity index is 645. The molecule has 1 aliphatic heterocycles. The monoisotopic (exact) mass is 307 g/mol. The van der Waals surface area contributed by atoms with Crippen LogP contribution in [0.15, 0.2) is 23.3 Å². The highest BCUT2D eigenvalue weighted by Gasteiger charge is 2.35. The Balaban J connectivity index is 2.34. The van der Waals surface area contributed by atoms with Crippen molar-refractivity contribution < 1.29 is 13.2 Å². The maximum Gasteiger partial charge on any atom is 0.418 e. The number of anilines is 2. The number of nitrogens with one attached hydrogen (secondary N) is 1. The van der Waals surface area contributed by atoms with Crippen molar-refractivity contribution in [2.75, 3.05) is 23.4 Å². The maximum absolute atomic E-state index is 13.2. The molecule has 1 heterocycles. The molecule has 0 radical (unpaired) electrons. The van der Waals surface area contributed by atoms with Crippen molar-refractivity contribution in [3.8, 4) is 12.1 Å². The molecular weight excluding hydrogens is 295 g/mol. The standard InChI is InChI=1S/C14H12F3N5/c15-14(16,17)12-7-10(20-21-11(8-18)9-19)3-4-13(12)22-5-1-2-6-22/h3-4,7,20H,1-2,5-6H2. The van der Waals surface area contributed by atoms with Crippen LogP contribution in [0.3, 0.4) is 0 Å². The average Bonchev–Trinajstić information content (AvgIpc) is 3.01. The van der Waals surface area contributed by atoms with Crippen LogP contribution in [0.25, 0.3) is 0 Å². The molecule has 2 rings (SSSR count). The molecule has 5 nitrogen and oxygen atoms in total. The molecule has 0 bridgehead atoms. The third-order valence-corrected chi connectivity index (χ3v) is 3.26. The van der Waals surface area contributed by atoms with Crippen LogP contribution in [0.5, 0.6) is 0 Å². The zero-order valence-electron chi connectivity index (χ0n) is 11.5. The van der Waals surface area contributed by atoms with E-state index in [-0.39, 0.29) is 11.4 Å². The number of nitrogens with zero attached hydrogens (tertiary/aromatic N) is 4. The van der Waals surface area contributed by atoms with E-state index in [2.05, 4.69) is 10.5 Å². The summed E-state index contributed by atoms with van der Waals surface area (Å²) in [5.74, 6) is 0. The number of benzene rings is 1. The third-order valence-electron chi connectivity index (χ3n) is 3.26. The Morgan fingerprint density at radius 1 is 1.18 bits per heavy atom. The molecule has 0 atom stereocenters. The molecule has 0 unspecified atom stereocenters. The van der Waals surface area contributed by atoms with Crippen molar-refractivity contribution >= 4 is 17.1 Å². The van der Waals surface area contributed by atoms with Gasteiger partial charge in [-0.25, -0.2) is 0 Å². The van der Waals surface area contributed by atoms with Crippen molar-refractivity contribution in [2.45, 2.75) is 19.0 Å². The van der Waals surface area contributed by atoms with Gasteiger partial charge in [0.2, 0.25) is 5.71 Å². The first-order chi connectivity index (χ1) is 10.5. The van der Waals surface area contributed by atoms with Crippen LogP contribution in [-0.4, -0.2) is 18.8 Å². The fourth-order valence-corrected chi connectivity index (χ4v) is 2.26. The number of nitriles is 2. The Morgan fingerprint density at radius 3 is 2.36 bits per heavy atom. The summed E-state index contributed by atoms with van der Waals surface area (Å²) < 4.78 is 39.7. The lowest BCUT2D eigenvalue weighted by molar-refractivity contribution is -0.137. The van der Waals surface area contributed by atoms with E-state index in [0.717, 1.165) is 18.9 Å². The van der Waals surface area contributed by atoms with Crippen molar-refractivity contribution in [2.24, 2.45) is 5.10 Å². The van der Waals surface area contributed by atoms with E-state index in [4.69, 9.17) is 10.5 Å². The van der Waals surface area contributed by atoms with Gasteiger partial charge in [-0.1, -0.05) is 0 Å². The van der Waals surface area contributed by atoms with Gasteiger partial charge in [-0.05, 0) is 31.0 Å². The number of hydrazone groups is 1. The zero-order valence-corrected chi connectivity index (χ0v) is 11.5. The number of rotatable bonds is 3. The lowest BCUT2D eigenvalue weighted by Crippen LogP contribution is -2.22. The Kier molecular flexibility index (Phi) is 4.52. The molecular formula is C14H12F3N5. The van der Waals surface area contributed by atoms with E-state index in [1.54, 1.807) is 4.90 Å². The molecule has 0 aliphatic carbocycles. The highest BCUT2D eigenvalue weighted by molar-refractivity contribution is 6.10. The van der Waals surface area contributed by atoms with Gasteiger partial charge in [0.25, 0.3) is 0 Å². The van der Waals surface area contributed by atoms with Crippen LogP contribution in [0.2, 0.25) is 0 Å². The lowest BCUT2D eigenvalue weighted by atomic mass is 10.1. The molecule has 1 aromatic rings. The fourth-order valence-electron chi connectivity index (χ4n) is 2.26. The average molecular weight is 307 g/mol.